The molecule has 0 atom stereocenters. The Morgan fingerprint density at radius 1 is 1.23 bits per heavy atom. The molecule has 1 N–H and O–H groups in total. The largest absolute Gasteiger partial charge is 0.462 e. The topological polar surface area (TPSA) is 98.5 Å². The number of benzene rings is 1. The van der Waals surface area contributed by atoms with Crippen LogP contribution < -0.4 is 5.32 Å². The average Bonchev–Trinajstić information content (AvgIpc) is 3.42. The minimum absolute atomic E-state index is 0.143. The van der Waals surface area contributed by atoms with Crippen molar-refractivity contribution in [3.8, 4) is 10.7 Å². The zero-order valence-corrected chi connectivity index (χ0v) is 18.5. The monoisotopic (exact) mass is 453 g/mol. The molecular formula is C21H19N5O3S2. The Morgan fingerprint density at radius 3 is 2.71 bits per heavy atom. The highest BCUT2D eigenvalue weighted by Gasteiger charge is 2.25. The third-order valence-electron chi connectivity index (χ3n) is 4.26. The molecule has 0 saturated carbocycles. The molecule has 3 aromatic rings. The number of nitrogens with zero attached hydrogens (tertiary/aromatic N) is 4. The number of rotatable bonds is 6. The quantitative estimate of drug-likeness (QED) is 0.449. The standard InChI is InChI=1S/C21H19N5O3S2/c1-3-29-20(28)16(11-14-6-8-15(9-7-14)22-13(2)27)17-12-31-21-24-23-19(26(21)25-17)18-5-4-10-30-18/h4-11H,3,12H2,1-2H3,(H,22,27)/b16-11-. The number of carbonyl (C=O) groups excluding carboxylic acids is 2. The number of thioether (sulfide) groups is 1. The van der Waals surface area contributed by atoms with Gasteiger partial charge in [0.05, 0.1) is 22.8 Å². The number of amides is 1. The SMILES string of the molecule is CCOC(=O)/C(=C\c1ccc(NC(C)=O)cc1)C1=Nn2c(nnc2-c2cccs2)SC1. The van der Waals surface area contributed by atoms with Crippen LogP contribution in [-0.4, -0.2) is 44.8 Å². The van der Waals surface area contributed by atoms with Crippen LogP contribution in [0.5, 0.6) is 0 Å². The highest BCUT2D eigenvalue weighted by Crippen LogP contribution is 2.31. The van der Waals surface area contributed by atoms with Crippen LogP contribution in [0.15, 0.2) is 57.6 Å². The molecule has 10 heteroatoms. The normalized spacial score (nSPS) is 13.4. The number of carbonyl (C=O) groups is 2. The van der Waals surface area contributed by atoms with Gasteiger partial charge in [0.15, 0.2) is 5.82 Å². The van der Waals surface area contributed by atoms with Gasteiger partial charge in [-0.2, -0.15) is 9.78 Å². The molecule has 8 nitrogen and oxygen atoms in total. The first-order chi connectivity index (χ1) is 15.0. The second-order valence-corrected chi connectivity index (χ2v) is 8.40. The summed E-state index contributed by atoms with van der Waals surface area (Å²) in [6.45, 7) is 3.48. The van der Waals surface area contributed by atoms with Gasteiger partial charge in [-0.3, -0.25) is 4.79 Å². The van der Waals surface area contributed by atoms with Crippen molar-refractivity contribution in [1.29, 1.82) is 0 Å². The van der Waals surface area contributed by atoms with Crippen LogP contribution in [0.4, 0.5) is 5.69 Å². The van der Waals surface area contributed by atoms with Crippen LogP contribution in [0.25, 0.3) is 16.8 Å². The molecule has 0 spiro atoms. The lowest BCUT2D eigenvalue weighted by Gasteiger charge is -2.15. The maximum Gasteiger partial charge on any atom is 0.340 e. The van der Waals surface area contributed by atoms with Crippen LogP contribution in [0, 0.1) is 0 Å². The summed E-state index contributed by atoms with van der Waals surface area (Å²) in [5, 5.41) is 18.5. The van der Waals surface area contributed by atoms with Crippen LogP contribution in [0.2, 0.25) is 0 Å². The van der Waals surface area contributed by atoms with Crippen LogP contribution in [-0.2, 0) is 14.3 Å². The van der Waals surface area contributed by atoms with Gasteiger partial charge in [-0.25, -0.2) is 4.79 Å². The summed E-state index contributed by atoms with van der Waals surface area (Å²) in [6, 6.07) is 11.1. The van der Waals surface area contributed by atoms with Gasteiger partial charge in [0.1, 0.15) is 0 Å². The maximum atomic E-state index is 12.7. The third-order valence-corrected chi connectivity index (χ3v) is 6.06. The van der Waals surface area contributed by atoms with Gasteiger partial charge in [-0.1, -0.05) is 30.0 Å². The molecule has 158 valence electrons. The molecule has 1 aromatic carbocycles. The first-order valence-electron chi connectivity index (χ1n) is 9.52. The summed E-state index contributed by atoms with van der Waals surface area (Å²) in [5.41, 5.74) is 2.43. The van der Waals surface area contributed by atoms with Crippen LogP contribution in [0.1, 0.15) is 19.4 Å². The van der Waals surface area contributed by atoms with Gasteiger partial charge in [0.25, 0.3) is 0 Å². The molecule has 0 saturated heterocycles. The van der Waals surface area contributed by atoms with Gasteiger partial charge < -0.3 is 10.1 Å². The van der Waals surface area contributed by atoms with Gasteiger partial charge in [0, 0.05) is 18.4 Å². The van der Waals surface area contributed by atoms with Crippen molar-refractivity contribution >= 4 is 52.5 Å². The number of esters is 1. The lowest BCUT2D eigenvalue weighted by Crippen LogP contribution is -2.21. The van der Waals surface area contributed by atoms with E-state index in [2.05, 4.69) is 20.6 Å². The van der Waals surface area contributed by atoms with E-state index in [1.54, 1.807) is 41.1 Å². The number of fused-ring (bicyclic) bond motifs is 1. The average molecular weight is 454 g/mol. The van der Waals surface area contributed by atoms with Crippen molar-refractivity contribution < 1.29 is 14.3 Å². The minimum atomic E-state index is -0.443. The number of aromatic nitrogens is 3. The van der Waals surface area contributed by atoms with Crippen LogP contribution >= 0.6 is 23.1 Å². The Balaban J connectivity index is 1.71. The fourth-order valence-electron chi connectivity index (χ4n) is 2.92. The van der Waals surface area contributed by atoms with Crippen molar-refractivity contribution in [3.05, 3.63) is 52.9 Å². The fourth-order valence-corrected chi connectivity index (χ4v) is 4.44. The van der Waals surface area contributed by atoms with E-state index in [9.17, 15) is 9.59 Å². The van der Waals surface area contributed by atoms with E-state index in [-0.39, 0.29) is 12.5 Å². The Labute approximate surface area is 187 Å². The Bertz CT molecular complexity index is 1160. The highest BCUT2D eigenvalue weighted by molar-refractivity contribution is 7.99. The van der Waals surface area contributed by atoms with Gasteiger partial charge in [-0.05, 0) is 42.1 Å². The third kappa shape index (κ3) is 4.75. The predicted octanol–water partition coefficient (Wildman–Crippen LogP) is 3.92. The van der Waals surface area contributed by atoms with E-state index in [0.29, 0.717) is 33.7 Å². The van der Waals surface area contributed by atoms with Gasteiger partial charge >= 0.3 is 5.97 Å². The molecule has 0 bridgehead atoms. The molecule has 1 aliphatic rings. The number of thiophene rings is 1. The Hall–Kier alpha value is -3.24. The summed E-state index contributed by atoms with van der Waals surface area (Å²) in [4.78, 5) is 24.9. The molecule has 3 heterocycles. The van der Waals surface area contributed by atoms with Gasteiger partial charge in [-0.15, -0.1) is 21.5 Å². The fraction of sp³-hybridized carbons (Fsp3) is 0.190. The molecule has 2 aromatic heterocycles. The predicted molar refractivity (Wildman–Crippen MR) is 122 cm³/mol. The first-order valence-corrected chi connectivity index (χ1v) is 11.4. The van der Waals surface area contributed by atoms with Crippen molar-refractivity contribution in [2.45, 2.75) is 19.0 Å². The van der Waals surface area contributed by atoms with Crippen molar-refractivity contribution in [2.75, 3.05) is 17.7 Å². The van der Waals surface area contributed by atoms with Crippen molar-refractivity contribution in [1.82, 2.24) is 14.9 Å². The number of hydrogen-bond acceptors (Lipinski definition) is 8. The van der Waals surface area contributed by atoms with Crippen LogP contribution in [0.3, 0.4) is 0 Å². The summed E-state index contributed by atoms with van der Waals surface area (Å²) >= 11 is 3.01. The summed E-state index contributed by atoms with van der Waals surface area (Å²) in [6.07, 6.45) is 1.75. The minimum Gasteiger partial charge on any atom is -0.462 e. The molecule has 1 amide bonds. The summed E-state index contributed by atoms with van der Waals surface area (Å²) in [7, 11) is 0. The van der Waals surface area contributed by atoms with Crippen molar-refractivity contribution in [3.63, 3.8) is 0 Å². The van der Waals surface area contributed by atoms with E-state index in [4.69, 9.17) is 4.74 Å². The summed E-state index contributed by atoms with van der Waals surface area (Å²) in [5.74, 6) is 0.520. The molecule has 0 radical (unpaired) electrons. The van der Waals surface area contributed by atoms with E-state index in [1.165, 1.54) is 18.7 Å². The Morgan fingerprint density at radius 2 is 2.03 bits per heavy atom. The number of anilines is 1. The second kappa shape index (κ2) is 9.27. The second-order valence-electron chi connectivity index (χ2n) is 6.51. The van der Waals surface area contributed by atoms with E-state index in [1.807, 2.05) is 29.6 Å². The number of nitrogens with one attached hydrogen (secondary N) is 1. The number of ether oxygens (including phenoxy) is 1. The lowest BCUT2D eigenvalue weighted by molar-refractivity contribution is -0.137. The van der Waals surface area contributed by atoms with E-state index < -0.39 is 5.97 Å². The van der Waals surface area contributed by atoms with E-state index in [0.717, 1.165) is 10.4 Å². The molecule has 31 heavy (non-hydrogen) atoms. The summed E-state index contributed by atoms with van der Waals surface area (Å²) < 4.78 is 6.95. The molecule has 4 rings (SSSR count). The first kappa shape index (κ1) is 21.0. The smallest absolute Gasteiger partial charge is 0.340 e. The van der Waals surface area contributed by atoms with Crippen molar-refractivity contribution in [2.24, 2.45) is 5.10 Å². The molecule has 0 unspecified atom stereocenters. The zero-order valence-electron chi connectivity index (χ0n) is 16.9. The van der Waals surface area contributed by atoms with E-state index >= 15 is 0 Å². The lowest BCUT2D eigenvalue weighted by atomic mass is 10.1. The zero-order chi connectivity index (χ0) is 21.8. The highest BCUT2D eigenvalue weighted by atomic mass is 32.2. The Kier molecular flexibility index (Phi) is 6.28. The molecular weight excluding hydrogens is 434 g/mol. The number of hydrogen-bond donors (Lipinski definition) is 1. The van der Waals surface area contributed by atoms with Gasteiger partial charge in [0.2, 0.25) is 11.1 Å². The molecule has 0 fully saturated rings. The maximum absolute atomic E-state index is 12.7. The molecule has 0 aliphatic carbocycles. The molecule has 1 aliphatic heterocycles.